The molecule has 8 aliphatic heterocycles. The third-order valence-electron chi connectivity index (χ3n) is 13.4. The molecule has 10 heterocycles. The van der Waals surface area contributed by atoms with Crippen molar-refractivity contribution in [1.29, 1.82) is 0 Å². The van der Waals surface area contributed by atoms with Crippen LogP contribution < -0.4 is 0 Å². The van der Waals surface area contributed by atoms with Crippen LogP contribution in [0.25, 0.3) is 10.9 Å². The van der Waals surface area contributed by atoms with Crippen molar-refractivity contribution in [2.45, 2.75) is 244 Å². The second kappa shape index (κ2) is 34.0. The number of aromatic amines is 1. The number of hydrogen-bond donors (Lipinski definition) is 1. The van der Waals surface area contributed by atoms with Crippen LogP contribution in [0.1, 0.15) is 199 Å². The Labute approximate surface area is 386 Å². The molecule has 2 aliphatic carbocycles. The summed E-state index contributed by atoms with van der Waals surface area (Å²) in [6.45, 7) is 24.0. The zero-order chi connectivity index (χ0) is 44.8. The van der Waals surface area contributed by atoms with Crippen molar-refractivity contribution < 1.29 is 9.47 Å². The van der Waals surface area contributed by atoms with Crippen molar-refractivity contribution in [2.24, 2.45) is 23.7 Å². The highest BCUT2D eigenvalue weighted by atomic mass is 32.2. The normalized spacial score (nSPS) is 32.8. The molecule has 1 aromatic carbocycles. The van der Waals surface area contributed by atoms with Crippen LogP contribution in [-0.4, -0.2) is 55.4 Å². The number of nitrogens with zero attached hydrogens (tertiary/aromatic N) is 1. The van der Waals surface area contributed by atoms with Gasteiger partial charge in [-0.15, -0.1) is 0 Å². The first-order chi connectivity index (χ1) is 30.3. The highest BCUT2D eigenvalue weighted by Gasteiger charge is 2.51. The van der Waals surface area contributed by atoms with E-state index in [-0.39, 0.29) is 0 Å². The number of hydrogen-bond acceptors (Lipinski definition) is 5. The Morgan fingerprint density at radius 3 is 1.26 bits per heavy atom. The zero-order valence-electron chi connectivity index (χ0n) is 41.6. The molecule has 0 amide bonds. The van der Waals surface area contributed by atoms with Gasteiger partial charge in [0.05, 0.1) is 24.4 Å². The first-order valence-corrected chi connectivity index (χ1v) is 28.1. The quantitative estimate of drug-likeness (QED) is 0.244. The van der Waals surface area contributed by atoms with E-state index in [1.807, 2.05) is 120 Å². The SMILES string of the molecule is C1CC2C3CCC(O3)C2C1.C1CC2C3CCC(S3)C2C1.C1CC2CCC1O2.C1CC2CCC1S2.CC.CC.CC.CC.CC.CC.c1ccc2[nH]ccc2c1.c1ccncc1. The predicted octanol–water partition coefficient (Wildman–Crippen LogP) is 17.4. The third-order valence-corrected chi connectivity index (χ3v) is 17.0. The number of ether oxygens (including phenoxy) is 2. The fraction of sp³-hybridized carbons (Fsp3) is 0.764. The van der Waals surface area contributed by atoms with Crippen molar-refractivity contribution in [2.75, 3.05) is 0 Å². The van der Waals surface area contributed by atoms with Crippen molar-refractivity contribution in [3.8, 4) is 0 Å². The van der Waals surface area contributed by atoms with E-state index in [1.165, 1.54) is 106 Å². The molecule has 0 radical (unpaired) electrons. The fourth-order valence-corrected chi connectivity index (χ4v) is 14.7. The second-order valence-electron chi connectivity index (χ2n) is 16.3. The smallest absolute Gasteiger partial charge is 0.0611 e. The van der Waals surface area contributed by atoms with Gasteiger partial charge in [-0.1, -0.05) is 120 Å². The summed E-state index contributed by atoms with van der Waals surface area (Å²) >= 11 is 4.56. The van der Waals surface area contributed by atoms with E-state index in [0.29, 0.717) is 24.4 Å². The minimum atomic E-state index is 0.671. The molecular weight excluding hydrogens is 785 g/mol. The Hall–Kier alpha value is -1.47. The highest BCUT2D eigenvalue weighted by Crippen LogP contribution is 2.59. The van der Waals surface area contributed by atoms with Gasteiger partial charge in [0.25, 0.3) is 0 Å². The van der Waals surface area contributed by atoms with Crippen LogP contribution in [0.5, 0.6) is 0 Å². The molecule has 8 saturated heterocycles. The number of fused-ring (bicyclic) bond motifs is 15. The highest BCUT2D eigenvalue weighted by molar-refractivity contribution is 8.01. The minimum absolute atomic E-state index is 0.671. The molecule has 61 heavy (non-hydrogen) atoms. The van der Waals surface area contributed by atoms with Gasteiger partial charge in [-0.3, -0.25) is 4.98 Å². The molecule has 6 heteroatoms. The maximum absolute atomic E-state index is 5.84. The van der Waals surface area contributed by atoms with Gasteiger partial charge in [0.15, 0.2) is 0 Å². The number of benzene rings is 1. The van der Waals surface area contributed by atoms with Gasteiger partial charge in [-0.2, -0.15) is 23.5 Å². The molecule has 8 atom stereocenters. The van der Waals surface area contributed by atoms with E-state index in [9.17, 15) is 0 Å². The predicted molar refractivity (Wildman–Crippen MR) is 275 cm³/mol. The number of thioether (sulfide) groups is 2. The van der Waals surface area contributed by atoms with Gasteiger partial charge in [-0.05, 0) is 156 Å². The number of rotatable bonds is 0. The lowest BCUT2D eigenvalue weighted by molar-refractivity contribution is 0.0814. The van der Waals surface area contributed by atoms with Gasteiger partial charge >= 0.3 is 0 Å². The number of aromatic nitrogens is 2. The summed E-state index contributed by atoms with van der Waals surface area (Å²) in [5.41, 5.74) is 1.21. The average Bonchev–Trinajstić information content (AvgIpc) is 4.22. The number of H-pyrrole nitrogens is 1. The second-order valence-corrected chi connectivity index (χ2v) is 19.3. The molecule has 350 valence electrons. The molecule has 4 nitrogen and oxygen atoms in total. The maximum Gasteiger partial charge on any atom is 0.0611 e. The summed E-state index contributed by atoms with van der Waals surface area (Å²) in [5.74, 6) is 4.31. The fourth-order valence-electron chi connectivity index (χ4n) is 11.0. The lowest BCUT2D eigenvalue weighted by Gasteiger charge is -2.21. The van der Waals surface area contributed by atoms with Crippen molar-refractivity contribution >= 4 is 34.4 Å². The molecule has 2 aromatic heterocycles. The van der Waals surface area contributed by atoms with E-state index < -0.39 is 0 Å². The summed E-state index contributed by atoms with van der Waals surface area (Å²) < 4.78 is 11.3. The molecule has 8 bridgehead atoms. The van der Waals surface area contributed by atoms with Gasteiger partial charge in [0.1, 0.15) is 0 Å². The molecular formula is C55H96N2O2S2. The van der Waals surface area contributed by atoms with E-state index in [1.54, 1.807) is 44.5 Å². The Morgan fingerprint density at radius 2 is 0.902 bits per heavy atom. The molecule has 0 spiro atoms. The van der Waals surface area contributed by atoms with E-state index >= 15 is 0 Å². The summed E-state index contributed by atoms with van der Waals surface area (Å²) in [4.78, 5) is 6.90. The Bertz CT molecular complexity index is 1240. The van der Waals surface area contributed by atoms with Crippen molar-refractivity contribution in [1.82, 2.24) is 9.97 Å². The average molecular weight is 882 g/mol. The van der Waals surface area contributed by atoms with Crippen molar-refractivity contribution in [3.63, 3.8) is 0 Å². The van der Waals surface area contributed by atoms with E-state index in [4.69, 9.17) is 9.47 Å². The van der Waals surface area contributed by atoms with Gasteiger partial charge < -0.3 is 14.5 Å². The molecule has 10 fully saturated rings. The van der Waals surface area contributed by atoms with Crippen LogP contribution in [0.2, 0.25) is 0 Å². The van der Waals surface area contributed by atoms with E-state index in [0.717, 1.165) is 32.8 Å². The van der Waals surface area contributed by atoms with Gasteiger partial charge in [0.2, 0.25) is 0 Å². The van der Waals surface area contributed by atoms with Gasteiger partial charge in [-0.25, -0.2) is 0 Å². The Kier molecular flexibility index (Phi) is 31.0. The first kappa shape index (κ1) is 55.7. The van der Waals surface area contributed by atoms with Crippen LogP contribution in [0.15, 0.2) is 67.1 Å². The molecule has 8 unspecified atom stereocenters. The van der Waals surface area contributed by atoms with Crippen molar-refractivity contribution in [3.05, 3.63) is 67.1 Å². The minimum Gasteiger partial charge on any atom is -0.375 e. The Balaban J connectivity index is 0.000000242. The van der Waals surface area contributed by atoms with Crippen LogP contribution in [0, 0.1) is 23.7 Å². The van der Waals surface area contributed by atoms with Crippen LogP contribution in [-0.2, 0) is 9.47 Å². The third kappa shape index (κ3) is 17.5. The van der Waals surface area contributed by atoms with Crippen LogP contribution in [0.4, 0.5) is 0 Å². The molecule has 1 N–H and O–H groups in total. The number of nitrogens with one attached hydrogen (secondary N) is 1. The zero-order valence-corrected chi connectivity index (χ0v) is 43.2. The monoisotopic (exact) mass is 881 g/mol. The first-order valence-electron chi connectivity index (χ1n) is 26.3. The lowest BCUT2D eigenvalue weighted by atomic mass is 9.82. The van der Waals surface area contributed by atoms with Crippen LogP contribution >= 0.6 is 23.5 Å². The number of pyridine rings is 1. The van der Waals surface area contributed by atoms with Gasteiger partial charge in [0, 0.05) is 45.1 Å². The van der Waals surface area contributed by atoms with E-state index in [2.05, 4.69) is 51.7 Å². The maximum atomic E-state index is 5.84. The summed E-state index contributed by atoms with van der Waals surface area (Å²) in [6.07, 6.45) is 34.5. The standard InChI is InChI=1S/C9H14O.C9H14S.C8H7N.C6H10O.C6H10S.C5H5N.6C2H6/c2*1-2-6-7(3-1)9-5-4-8(6)10-9;1-2-4-8-7(3-1)5-6-9-8;2*1-2-6-4-3-5(1)7-6;1-2-4-6-5-3-1;6*1-2/h2*6-9H,1-5H2;1-6,9H;2*5-6H,1-4H2;1-5H;6*1-2H3. The largest absolute Gasteiger partial charge is 0.375 e. The lowest BCUT2D eigenvalue weighted by Crippen LogP contribution is -2.21. The summed E-state index contributed by atoms with van der Waals surface area (Å²) in [6, 6.07) is 16.0. The molecule has 2 saturated carbocycles. The Morgan fingerprint density at radius 1 is 0.443 bits per heavy atom. The summed E-state index contributed by atoms with van der Waals surface area (Å²) in [5, 5.41) is 5.67. The molecule has 13 rings (SSSR count). The summed E-state index contributed by atoms with van der Waals surface area (Å²) in [7, 11) is 0. The van der Waals surface area contributed by atoms with Crippen LogP contribution in [0.3, 0.4) is 0 Å². The topological polar surface area (TPSA) is 47.1 Å². The molecule has 3 aromatic rings. The number of para-hydroxylation sites is 1. The molecule has 10 aliphatic rings.